The molecule has 2 heterocycles. The Morgan fingerprint density at radius 3 is 1.41 bits per heavy atom. The molecule has 2 amide bonds. The number of hydrogen-bond donors (Lipinski definition) is 2. The van der Waals surface area contributed by atoms with Crippen molar-refractivity contribution in [3.63, 3.8) is 0 Å². The lowest BCUT2D eigenvalue weighted by atomic mass is 10.1. The summed E-state index contributed by atoms with van der Waals surface area (Å²) in [5.41, 5.74) is 2.99. The molecule has 0 saturated heterocycles. The number of amides is 2. The first kappa shape index (κ1) is 21.4. The minimum absolute atomic E-state index is 0.166. The van der Waals surface area contributed by atoms with Gasteiger partial charge in [-0.2, -0.15) is 0 Å². The third-order valence-corrected chi connectivity index (χ3v) is 5.25. The van der Waals surface area contributed by atoms with E-state index in [9.17, 15) is 9.59 Å². The summed E-state index contributed by atoms with van der Waals surface area (Å²) in [6.45, 7) is 1.75. The quantitative estimate of drug-likeness (QED) is 0.563. The number of para-hydroxylation sites is 2. The van der Waals surface area contributed by atoms with E-state index in [-0.39, 0.29) is 11.8 Å². The summed E-state index contributed by atoms with van der Waals surface area (Å²) in [7, 11) is 0. The van der Waals surface area contributed by atoms with Gasteiger partial charge in [0, 0.05) is 13.1 Å². The molecule has 5 rings (SSSR count). The Kier molecular flexibility index (Phi) is 7.02. The predicted molar refractivity (Wildman–Crippen MR) is 122 cm³/mol. The lowest BCUT2D eigenvalue weighted by Crippen LogP contribution is -2.28. The van der Waals surface area contributed by atoms with E-state index >= 15 is 0 Å². The van der Waals surface area contributed by atoms with Crippen LogP contribution in [0.15, 0.2) is 72.8 Å². The van der Waals surface area contributed by atoms with E-state index < -0.39 is 0 Å². The fourth-order valence-corrected chi connectivity index (χ4v) is 3.46. The van der Waals surface area contributed by atoms with Crippen LogP contribution in [0.1, 0.15) is 44.7 Å². The first-order chi connectivity index (χ1) is 15.7. The molecule has 0 atom stereocenters. The molecule has 6 heteroatoms. The summed E-state index contributed by atoms with van der Waals surface area (Å²) in [5, 5.41) is 5.86. The SMILES string of the molecule is O=C1NCCCCNC(=O)c2ccccc2OCc2ccc(cc2)COc2ccccc21. The molecular formula is C26H26N2O4. The number of carbonyl (C=O) groups excluding carboxylic acids is 2. The maximum Gasteiger partial charge on any atom is 0.255 e. The van der Waals surface area contributed by atoms with E-state index in [1.165, 1.54) is 0 Å². The van der Waals surface area contributed by atoms with Crippen LogP contribution in [0.25, 0.3) is 0 Å². The van der Waals surface area contributed by atoms with Crippen LogP contribution in [0, 0.1) is 0 Å². The molecule has 2 bridgehead atoms. The van der Waals surface area contributed by atoms with Gasteiger partial charge in [0.05, 0.1) is 11.1 Å². The zero-order valence-corrected chi connectivity index (χ0v) is 17.8. The van der Waals surface area contributed by atoms with Gasteiger partial charge in [-0.3, -0.25) is 9.59 Å². The van der Waals surface area contributed by atoms with E-state index in [0.717, 1.165) is 24.0 Å². The first-order valence-electron chi connectivity index (χ1n) is 10.8. The molecule has 0 radical (unpaired) electrons. The third-order valence-electron chi connectivity index (χ3n) is 5.25. The lowest BCUT2D eigenvalue weighted by Gasteiger charge is -2.14. The molecule has 2 aliphatic rings. The minimum Gasteiger partial charge on any atom is -0.488 e. The highest BCUT2D eigenvalue weighted by Gasteiger charge is 2.14. The molecule has 0 spiro atoms. The van der Waals surface area contributed by atoms with Gasteiger partial charge in [-0.1, -0.05) is 48.5 Å². The largest absolute Gasteiger partial charge is 0.488 e. The van der Waals surface area contributed by atoms with Crippen molar-refractivity contribution in [2.75, 3.05) is 13.1 Å². The summed E-state index contributed by atoms with van der Waals surface area (Å²) >= 11 is 0. The average Bonchev–Trinajstić information content (AvgIpc) is 2.83. The van der Waals surface area contributed by atoms with E-state index in [0.29, 0.717) is 48.9 Å². The second-order valence-electron chi connectivity index (χ2n) is 7.61. The fraction of sp³-hybridized carbons (Fsp3) is 0.231. The van der Waals surface area contributed by atoms with Crippen LogP contribution in [0.2, 0.25) is 0 Å². The average molecular weight is 431 g/mol. The van der Waals surface area contributed by atoms with Crippen LogP contribution >= 0.6 is 0 Å². The van der Waals surface area contributed by atoms with Gasteiger partial charge in [-0.15, -0.1) is 0 Å². The van der Waals surface area contributed by atoms with Crippen molar-refractivity contribution in [1.29, 1.82) is 0 Å². The normalized spacial score (nSPS) is 15.2. The minimum atomic E-state index is -0.166. The molecule has 3 aromatic carbocycles. The summed E-state index contributed by atoms with van der Waals surface area (Å²) < 4.78 is 11.9. The van der Waals surface area contributed by atoms with Crippen LogP contribution in [0.5, 0.6) is 11.5 Å². The Morgan fingerprint density at radius 2 is 0.969 bits per heavy atom. The van der Waals surface area contributed by atoms with Crippen molar-refractivity contribution in [2.24, 2.45) is 0 Å². The van der Waals surface area contributed by atoms with Crippen molar-refractivity contribution < 1.29 is 19.1 Å². The molecule has 0 aliphatic carbocycles. The monoisotopic (exact) mass is 430 g/mol. The zero-order chi connectivity index (χ0) is 22.2. The Labute approximate surface area is 187 Å². The third kappa shape index (κ3) is 5.46. The molecule has 2 N–H and O–H groups in total. The van der Waals surface area contributed by atoms with Crippen LogP contribution in [0.4, 0.5) is 0 Å². The number of fused-ring (bicyclic) bond motifs is 11. The van der Waals surface area contributed by atoms with Gasteiger partial charge in [0.2, 0.25) is 0 Å². The summed E-state index contributed by atoms with van der Waals surface area (Å²) in [4.78, 5) is 25.2. The van der Waals surface area contributed by atoms with Gasteiger partial charge in [0.15, 0.2) is 0 Å². The molecule has 0 fully saturated rings. The van der Waals surface area contributed by atoms with E-state index in [1.807, 2.05) is 48.5 Å². The molecular weight excluding hydrogens is 404 g/mol. The highest BCUT2D eigenvalue weighted by molar-refractivity contribution is 5.97. The Bertz CT molecular complexity index is 993. The molecule has 0 unspecified atom stereocenters. The zero-order valence-electron chi connectivity index (χ0n) is 17.8. The smallest absolute Gasteiger partial charge is 0.255 e. The van der Waals surface area contributed by atoms with Crippen molar-refractivity contribution in [3.05, 3.63) is 95.1 Å². The van der Waals surface area contributed by atoms with Crippen molar-refractivity contribution in [3.8, 4) is 11.5 Å². The van der Waals surface area contributed by atoms with Crippen molar-refractivity contribution in [1.82, 2.24) is 10.6 Å². The Balaban J connectivity index is 1.54. The molecule has 32 heavy (non-hydrogen) atoms. The molecule has 0 saturated carbocycles. The van der Waals surface area contributed by atoms with E-state index in [4.69, 9.17) is 9.47 Å². The second-order valence-corrected chi connectivity index (χ2v) is 7.61. The van der Waals surface area contributed by atoms with Gasteiger partial charge in [-0.25, -0.2) is 0 Å². The Hall–Kier alpha value is -3.80. The lowest BCUT2D eigenvalue weighted by molar-refractivity contribution is 0.0934. The number of rotatable bonds is 0. The van der Waals surface area contributed by atoms with Crippen LogP contribution in [-0.2, 0) is 13.2 Å². The van der Waals surface area contributed by atoms with E-state index in [2.05, 4.69) is 10.6 Å². The van der Waals surface area contributed by atoms with Gasteiger partial charge in [0.1, 0.15) is 24.7 Å². The summed E-state index contributed by atoms with van der Waals surface area (Å²) in [6.07, 6.45) is 1.50. The number of nitrogens with one attached hydrogen (secondary N) is 2. The fourth-order valence-electron chi connectivity index (χ4n) is 3.46. The topological polar surface area (TPSA) is 76.7 Å². The van der Waals surface area contributed by atoms with Crippen molar-refractivity contribution in [2.45, 2.75) is 26.1 Å². The van der Waals surface area contributed by atoms with Gasteiger partial charge >= 0.3 is 0 Å². The number of benzene rings is 3. The highest BCUT2D eigenvalue weighted by atomic mass is 16.5. The summed E-state index contributed by atoms with van der Waals surface area (Å²) in [5.74, 6) is 0.771. The molecule has 0 aromatic heterocycles. The van der Waals surface area contributed by atoms with Gasteiger partial charge < -0.3 is 20.1 Å². The second kappa shape index (κ2) is 10.5. The predicted octanol–water partition coefficient (Wildman–Crippen LogP) is 4.10. The maximum atomic E-state index is 12.6. The molecule has 3 aromatic rings. The molecule has 164 valence electrons. The van der Waals surface area contributed by atoms with Gasteiger partial charge in [0.25, 0.3) is 11.8 Å². The van der Waals surface area contributed by atoms with E-state index in [1.54, 1.807) is 24.3 Å². The first-order valence-corrected chi connectivity index (χ1v) is 10.8. The van der Waals surface area contributed by atoms with Gasteiger partial charge in [-0.05, 0) is 48.2 Å². The highest BCUT2D eigenvalue weighted by Crippen LogP contribution is 2.21. The molecule has 2 aliphatic heterocycles. The Morgan fingerprint density at radius 1 is 0.562 bits per heavy atom. The molecule has 6 nitrogen and oxygen atoms in total. The van der Waals surface area contributed by atoms with Crippen molar-refractivity contribution >= 4 is 11.8 Å². The van der Waals surface area contributed by atoms with Crippen LogP contribution < -0.4 is 20.1 Å². The number of hydrogen-bond acceptors (Lipinski definition) is 4. The summed E-state index contributed by atoms with van der Waals surface area (Å²) in [6, 6.07) is 22.4. The van der Waals surface area contributed by atoms with Crippen LogP contribution in [-0.4, -0.2) is 24.9 Å². The maximum absolute atomic E-state index is 12.6. The number of carbonyl (C=O) groups is 2. The number of ether oxygens (including phenoxy) is 2. The standard InChI is InChI=1S/C26H26N2O4/c29-25-21-7-1-3-9-23(21)31-17-19-11-13-20(14-12-19)18-32-24-10-4-2-8-22(24)26(30)28-16-6-5-15-27-25/h1-4,7-14H,5-6,15-18H2,(H,27,29)(H,28,30). The van der Waals surface area contributed by atoms with Crippen LogP contribution in [0.3, 0.4) is 0 Å².